The number of β-lactam (4-membered cyclic amide) rings is 1. The van der Waals surface area contributed by atoms with Gasteiger partial charge in [-0.3, -0.25) is 4.79 Å². The monoisotopic (exact) mass is 386 g/mol. The maximum atomic E-state index is 13.2. The van der Waals surface area contributed by atoms with E-state index in [0.29, 0.717) is 5.69 Å². The van der Waals surface area contributed by atoms with Gasteiger partial charge in [-0.2, -0.15) is 0 Å². The Bertz CT molecular complexity index is 829. The van der Waals surface area contributed by atoms with Crippen molar-refractivity contribution in [2.75, 3.05) is 4.90 Å². The van der Waals surface area contributed by atoms with E-state index in [1.807, 2.05) is 24.3 Å². The second-order valence-corrected chi connectivity index (χ2v) is 13.3. The van der Waals surface area contributed by atoms with Crippen molar-refractivity contribution in [1.82, 2.24) is 0 Å². The zero-order chi connectivity index (χ0) is 20.0. The molecule has 0 spiro atoms. The summed E-state index contributed by atoms with van der Waals surface area (Å²) in [6.07, 6.45) is 0. The quantitative estimate of drug-likeness (QED) is 0.616. The van der Waals surface area contributed by atoms with Crippen LogP contribution in [0, 0.1) is 5.82 Å². The molecular weight excluding hydrogens is 359 g/mol. The molecule has 1 saturated heterocycles. The van der Waals surface area contributed by atoms with Crippen LogP contribution in [0.1, 0.15) is 32.4 Å². The molecule has 4 nitrogen and oxygen atoms in total. The van der Waals surface area contributed by atoms with Crippen molar-refractivity contribution in [3.63, 3.8) is 0 Å². The van der Waals surface area contributed by atoms with Crippen LogP contribution in [-0.4, -0.2) is 20.3 Å². The second-order valence-electron chi connectivity index (χ2n) is 8.59. The number of hydrogen-bond acceptors (Lipinski definition) is 3. The number of rotatable bonds is 4. The van der Waals surface area contributed by atoms with Crippen LogP contribution >= 0.6 is 0 Å². The standard InChI is InChI=1S/C21H27FN2O2Si/c1-21(2,3)27(4,5)26-17-12-6-14(7-13-17)19-18(23)20(25)24(19)16-10-8-15(22)9-11-16/h6-13,18-19H,23H2,1-5H3. The molecule has 144 valence electrons. The summed E-state index contributed by atoms with van der Waals surface area (Å²) in [4.78, 5) is 13.9. The molecule has 0 saturated carbocycles. The maximum absolute atomic E-state index is 13.2. The molecule has 2 aromatic carbocycles. The smallest absolute Gasteiger partial charge is 0.250 e. The molecular formula is C21H27FN2O2Si. The van der Waals surface area contributed by atoms with Gasteiger partial charge in [-0.15, -0.1) is 0 Å². The van der Waals surface area contributed by atoms with Gasteiger partial charge >= 0.3 is 0 Å². The average molecular weight is 387 g/mol. The van der Waals surface area contributed by atoms with E-state index in [1.165, 1.54) is 12.1 Å². The number of nitrogens with two attached hydrogens (primary N) is 1. The number of carbonyl (C=O) groups excluding carboxylic acids is 1. The Hall–Kier alpha value is -2.18. The van der Waals surface area contributed by atoms with Gasteiger partial charge in [0.1, 0.15) is 17.6 Å². The third-order valence-corrected chi connectivity index (χ3v) is 10.0. The Morgan fingerprint density at radius 1 is 1.04 bits per heavy atom. The number of nitrogens with zero attached hydrogens (tertiary/aromatic N) is 1. The zero-order valence-electron chi connectivity index (χ0n) is 16.5. The Morgan fingerprint density at radius 3 is 2.11 bits per heavy atom. The van der Waals surface area contributed by atoms with Crippen molar-refractivity contribution in [3.8, 4) is 5.75 Å². The van der Waals surface area contributed by atoms with E-state index in [9.17, 15) is 9.18 Å². The average Bonchev–Trinajstić information content (AvgIpc) is 2.60. The van der Waals surface area contributed by atoms with Gasteiger partial charge in [-0.1, -0.05) is 32.9 Å². The molecule has 2 aromatic rings. The third kappa shape index (κ3) is 3.64. The minimum absolute atomic E-state index is 0.119. The molecule has 3 rings (SSSR count). The van der Waals surface area contributed by atoms with Gasteiger partial charge in [0.05, 0.1) is 6.04 Å². The summed E-state index contributed by atoms with van der Waals surface area (Å²) < 4.78 is 19.5. The highest BCUT2D eigenvalue weighted by molar-refractivity contribution is 6.74. The summed E-state index contributed by atoms with van der Waals surface area (Å²) >= 11 is 0. The van der Waals surface area contributed by atoms with Crippen LogP contribution in [0.15, 0.2) is 48.5 Å². The van der Waals surface area contributed by atoms with Gasteiger partial charge in [0, 0.05) is 5.69 Å². The molecule has 1 heterocycles. The first-order valence-corrected chi connectivity index (χ1v) is 12.1. The molecule has 27 heavy (non-hydrogen) atoms. The molecule has 1 amide bonds. The first-order chi connectivity index (χ1) is 12.5. The van der Waals surface area contributed by atoms with Crippen molar-refractivity contribution >= 4 is 19.9 Å². The van der Waals surface area contributed by atoms with Crippen molar-refractivity contribution in [2.24, 2.45) is 5.73 Å². The summed E-state index contributed by atoms with van der Waals surface area (Å²) in [5.41, 5.74) is 7.65. The second kappa shape index (κ2) is 6.76. The van der Waals surface area contributed by atoms with Crippen LogP contribution in [0.4, 0.5) is 10.1 Å². The highest BCUT2D eigenvalue weighted by Gasteiger charge is 2.46. The molecule has 2 unspecified atom stereocenters. The lowest BCUT2D eigenvalue weighted by Crippen LogP contribution is -2.63. The van der Waals surface area contributed by atoms with Gasteiger partial charge in [0.25, 0.3) is 0 Å². The van der Waals surface area contributed by atoms with Crippen LogP contribution in [0.5, 0.6) is 5.75 Å². The number of benzene rings is 2. The van der Waals surface area contributed by atoms with E-state index in [-0.39, 0.29) is 22.8 Å². The lowest BCUT2D eigenvalue weighted by atomic mass is 9.88. The highest BCUT2D eigenvalue weighted by atomic mass is 28.4. The van der Waals surface area contributed by atoms with E-state index >= 15 is 0 Å². The lowest BCUT2D eigenvalue weighted by molar-refractivity contribution is -0.126. The highest BCUT2D eigenvalue weighted by Crippen LogP contribution is 2.40. The molecule has 2 atom stereocenters. The van der Waals surface area contributed by atoms with Gasteiger partial charge in [-0.25, -0.2) is 4.39 Å². The van der Waals surface area contributed by atoms with Gasteiger partial charge in [0.2, 0.25) is 14.2 Å². The fraction of sp³-hybridized carbons (Fsp3) is 0.381. The Kier molecular flexibility index (Phi) is 4.90. The Morgan fingerprint density at radius 2 is 1.59 bits per heavy atom. The van der Waals surface area contributed by atoms with Crippen LogP contribution in [-0.2, 0) is 4.79 Å². The van der Waals surface area contributed by atoms with Crippen LogP contribution in [0.2, 0.25) is 18.1 Å². The summed E-state index contributed by atoms with van der Waals surface area (Å²) in [5.74, 6) is 0.339. The predicted octanol–water partition coefficient (Wildman–Crippen LogP) is 4.62. The number of anilines is 1. The first-order valence-electron chi connectivity index (χ1n) is 9.14. The van der Waals surface area contributed by atoms with Crippen molar-refractivity contribution in [1.29, 1.82) is 0 Å². The molecule has 1 aliphatic heterocycles. The lowest BCUT2D eigenvalue weighted by Gasteiger charge is -2.45. The number of hydrogen-bond donors (Lipinski definition) is 1. The minimum atomic E-state index is -1.91. The molecule has 0 aromatic heterocycles. The number of amides is 1. The number of carbonyl (C=O) groups is 1. The summed E-state index contributed by atoms with van der Waals surface area (Å²) in [5, 5.41) is 0.119. The van der Waals surface area contributed by atoms with Gasteiger partial charge < -0.3 is 15.1 Å². The topological polar surface area (TPSA) is 55.6 Å². The van der Waals surface area contributed by atoms with Crippen LogP contribution in [0.3, 0.4) is 0 Å². The SMILES string of the molecule is CC(C)(C)[Si](C)(C)Oc1ccc(C2C(N)C(=O)N2c2ccc(F)cc2)cc1. The normalized spacial score (nSPS) is 20.4. The minimum Gasteiger partial charge on any atom is -0.544 e. The van der Waals surface area contributed by atoms with Gasteiger partial charge in [0.15, 0.2) is 0 Å². The summed E-state index contributed by atoms with van der Waals surface area (Å²) in [7, 11) is -1.91. The van der Waals surface area contributed by atoms with E-state index < -0.39 is 14.4 Å². The zero-order valence-corrected chi connectivity index (χ0v) is 17.5. The molecule has 6 heteroatoms. The molecule has 0 bridgehead atoms. The van der Waals surface area contributed by atoms with Crippen LogP contribution < -0.4 is 15.1 Å². The summed E-state index contributed by atoms with van der Waals surface area (Å²) in [6, 6.07) is 12.8. The van der Waals surface area contributed by atoms with E-state index in [2.05, 4.69) is 33.9 Å². The molecule has 0 radical (unpaired) electrons. The van der Waals surface area contributed by atoms with Crippen molar-refractivity contribution in [2.45, 2.75) is 51.0 Å². The van der Waals surface area contributed by atoms with Crippen molar-refractivity contribution < 1.29 is 13.6 Å². The Labute approximate surface area is 161 Å². The maximum Gasteiger partial charge on any atom is 0.250 e. The molecule has 0 aliphatic carbocycles. The fourth-order valence-electron chi connectivity index (χ4n) is 2.94. The first kappa shape index (κ1) is 19.6. The van der Waals surface area contributed by atoms with Crippen molar-refractivity contribution in [3.05, 3.63) is 59.9 Å². The van der Waals surface area contributed by atoms with Crippen LogP contribution in [0.25, 0.3) is 0 Å². The molecule has 2 N–H and O–H groups in total. The largest absolute Gasteiger partial charge is 0.544 e. The summed E-state index contributed by atoms with van der Waals surface area (Å²) in [6.45, 7) is 11.0. The van der Waals surface area contributed by atoms with E-state index in [1.54, 1.807) is 17.0 Å². The number of halogens is 1. The fourth-order valence-corrected chi connectivity index (χ4v) is 3.97. The van der Waals surface area contributed by atoms with Gasteiger partial charge in [-0.05, 0) is 60.1 Å². The Balaban J connectivity index is 1.81. The van der Waals surface area contributed by atoms with E-state index in [0.717, 1.165) is 11.3 Å². The third-order valence-electron chi connectivity index (χ3n) is 5.65. The molecule has 1 aliphatic rings. The van der Waals surface area contributed by atoms with E-state index in [4.69, 9.17) is 10.2 Å². The molecule has 1 fully saturated rings. The predicted molar refractivity (Wildman–Crippen MR) is 109 cm³/mol.